The predicted molar refractivity (Wildman–Crippen MR) is 59.8 cm³/mol. The summed E-state index contributed by atoms with van der Waals surface area (Å²) in [5.74, 6) is 2.42. The Kier molecular flexibility index (Phi) is 4.36. The molecule has 0 aliphatic carbocycles. The molecule has 2 fully saturated rings. The molecule has 1 spiro atoms. The van der Waals surface area contributed by atoms with Crippen molar-refractivity contribution in [1.82, 2.24) is 5.32 Å². The lowest BCUT2D eigenvalue weighted by atomic mass is 9.81. The first kappa shape index (κ1) is 11.6. The SMILES string of the molecule is Cl.OC1CCCNC12CCSCC2. The Labute approximate surface area is 90.3 Å². The maximum atomic E-state index is 9.91. The average molecular weight is 224 g/mol. The van der Waals surface area contributed by atoms with Crippen LogP contribution in [-0.2, 0) is 0 Å². The van der Waals surface area contributed by atoms with Crippen LogP contribution in [0.1, 0.15) is 25.7 Å². The van der Waals surface area contributed by atoms with Gasteiger partial charge in [0.1, 0.15) is 0 Å². The van der Waals surface area contributed by atoms with E-state index < -0.39 is 0 Å². The van der Waals surface area contributed by atoms with Gasteiger partial charge in [-0.25, -0.2) is 0 Å². The van der Waals surface area contributed by atoms with E-state index in [0.29, 0.717) is 0 Å². The Hall–Kier alpha value is 0.560. The fourth-order valence-electron chi connectivity index (χ4n) is 2.27. The highest BCUT2D eigenvalue weighted by Gasteiger charge is 2.40. The Morgan fingerprint density at radius 1 is 1.31 bits per heavy atom. The molecule has 2 N–H and O–H groups in total. The third-order valence-electron chi connectivity index (χ3n) is 3.15. The molecule has 2 saturated heterocycles. The Balaban J connectivity index is 0.000000845. The summed E-state index contributed by atoms with van der Waals surface area (Å²) in [6.07, 6.45) is 4.35. The lowest BCUT2D eigenvalue weighted by Gasteiger charge is -2.44. The molecular weight excluding hydrogens is 206 g/mol. The third kappa shape index (κ3) is 2.32. The van der Waals surface area contributed by atoms with Crippen LogP contribution in [0, 0.1) is 0 Å². The Morgan fingerprint density at radius 2 is 2.00 bits per heavy atom. The van der Waals surface area contributed by atoms with Gasteiger partial charge in [0.2, 0.25) is 0 Å². The number of nitrogens with one attached hydrogen (secondary N) is 1. The van der Waals surface area contributed by atoms with Crippen molar-refractivity contribution in [2.45, 2.75) is 37.3 Å². The molecular formula is C9H18ClNOS. The van der Waals surface area contributed by atoms with Gasteiger partial charge in [0.15, 0.2) is 0 Å². The van der Waals surface area contributed by atoms with Gasteiger partial charge in [0, 0.05) is 5.54 Å². The molecule has 78 valence electrons. The number of aliphatic hydroxyl groups is 1. The zero-order valence-electron chi connectivity index (χ0n) is 7.79. The third-order valence-corrected chi connectivity index (χ3v) is 4.14. The molecule has 13 heavy (non-hydrogen) atoms. The second-order valence-electron chi connectivity index (χ2n) is 3.85. The quantitative estimate of drug-likeness (QED) is 0.652. The van der Waals surface area contributed by atoms with E-state index in [1.807, 2.05) is 11.8 Å². The molecule has 0 saturated carbocycles. The summed E-state index contributed by atoms with van der Waals surface area (Å²) in [6.45, 7) is 1.10. The zero-order chi connectivity index (χ0) is 8.44. The lowest BCUT2D eigenvalue weighted by molar-refractivity contribution is 0.0247. The van der Waals surface area contributed by atoms with Gasteiger partial charge in [-0.1, -0.05) is 0 Å². The van der Waals surface area contributed by atoms with Gasteiger partial charge >= 0.3 is 0 Å². The number of thioether (sulfide) groups is 1. The molecule has 2 nitrogen and oxygen atoms in total. The minimum atomic E-state index is -0.0906. The number of aliphatic hydroxyl groups excluding tert-OH is 1. The Morgan fingerprint density at radius 3 is 2.62 bits per heavy atom. The highest BCUT2D eigenvalue weighted by molar-refractivity contribution is 7.99. The van der Waals surface area contributed by atoms with Crippen molar-refractivity contribution in [3.8, 4) is 0 Å². The van der Waals surface area contributed by atoms with E-state index in [4.69, 9.17) is 0 Å². The predicted octanol–water partition coefficient (Wildman–Crippen LogP) is 1.42. The minimum Gasteiger partial charge on any atom is -0.391 e. The second kappa shape index (κ2) is 4.87. The molecule has 0 amide bonds. The molecule has 0 aromatic rings. The van der Waals surface area contributed by atoms with Gasteiger partial charge < -0.3 is 10.4 Å². The molecule has 2 heterocycles. The number of halogens is 1. The van der Waals surface area contributed by atoms with Crippen LogP contribution in [0.4, 0.5) is 0 Å². The summed E-state index contributed by atoms with van der Waals surface area (Å²) in [4.78, 5) is 0. The highest BCUT2D eigenvalue weighted by Crippen LogP contribution is 2.33. The van der Waals surface area contributed by atoms with Crippen molar-refractivity contribution in [1.29, 1.82) is 0 Å². The first-order valence-electron chi connectivity index (χ1n) is 4.84. The molecule has 2 aliphatic heterocycles. The van der Waals surface area contributed by atoms with Gasteiger partial charge in [-0.2, -0.15) is 11.8 Å². The van der Waals surface area contributed by atoms with Crippen molar-refractivity contribution in [2.24, 2.45) is 0 Å². The topological polar surface area (TPSA) is 32.3 Å². The van der Waals surface area contributed by atoms with E-state index in [2.05, 4.69) is 5.32 Å². The molecule has 4 heteroatoms. The van der Waals surface area contributed by atoms with Gasteiger partial charge in [-0.3, -0.25) is 0 Å². The number of hydrogen-bond donors (Lipinski definition) is 2. The number of hydrogen-bond acceptors (Lipinski definition) is 3. The summed E-state index contributed by atoms with van der Waals surface area (Å²) in [5, 5.41) is 13.4. The van der Waals surface area contributed by atoms with Gasteiger partial charge in [-0.15, -0.1) is 12.4 Å². The molecule has 0 radical (unpaired) electrons. The van der Waals surface area contributed by atoms with Crippen LogP contribution in [0.25, 0.3) is 0 Å². The number of rotatable bonds is 0. The molecule has 1 unspecified atom stereocenters. The van der Waals surface area contributed by atoms with E-state index >= 15 is 0 Å². The van der Waals surface area contributed by atoms with Crippen LogP contribution < -0.4 is 5.32 Å². The van der Waals surface area contributed by atoms with Gasteiger partial charge in [0.25, 0.3) is 0 Å². The maximum absolute atomic E-state index is 9.91. The average Bonchev–Trinajstić information content (AvgIpc) is 2.12. The van der Waals surface area contributed by atoms with E-state index in [1.54, 1.807) is 0 Å². The van der Waals surface area contributed by atoms with Crippen LogP contribution in [0.5, 0.6) is 0 Å². The van der Waals surface area contributed by atoms with Crippen LogP contribution in [0.3, 0.4) is 0 Å². The monoisotopic (exact) mass is 223 g/mol. The maximum Gasteiger partial charge on any atom is 0.0722 e. The van der Waals surface area contributed by atoms with Crippen molar-refractivity contribution >= 4 is 24.2 Å². The van der Waals surface area contributed by atoms with Gasteiger partial charge in [0.05, 0.1) is 6.10 Å². The van der Waals surface area contributed by atoms with Crippen LogP contribution in [-0.4, -0.2) is 34.8 Å². The van der Waals surface area contributed by atoms with Crippen molar-refractivity contribution < 1.29 is 5.11 Å². The molecule has 1 atom stereocenters. The summed E-state index contributed by atoms with van der Waals surface area (Å²) in [5.41, 5.74) is 0.101. The zero-order valence-corrected chi connectivity index (χ0v) is 9.42. The molecule has 0 aromatic carbocycles. The molecule has 2 aliphatic rings. The lowest BCUT2D eigenvalue weighted by Crippen LogP contribution is -2.59. The first-order chi connectivity index (χ1) is 5.83. The molecule has 0 aromatic heterocycles. The normalized spacial score (nSPS) is 32.5. The van der Waals surface area contributed by atoms with Gasteiger partial charge in [-0.05, 0) is 43.7 Å². The van der Waals surface area contributed by atoms with Crippen LogP contribution in [0.15, 0.2) is 0 Å². The summed E-state index contributed by atoms with van der Waals surface area (Å²) < 4.78 is 0. The fraction of sp³-hybridized carbons (Fsp3) is 1.00. The van der Waals surface area contributed by atoms with Crippen LogP contribution in [0.2, 0.25) is 0 Å². The fourth-order valence-corrected chi connectivity index (χ4v) is 3.49. The number of piperidine rings is 1. The van der Waals surface area contributed by atoms with Crippen LogP contribution >= 0.6 is 24.2 Å². The smallest absolute Gasteiger partial charge is 0.0722 e. The van der Waals surface area contributed by atoms with E-state index in [1.165, 1.54) is 11.5 Å². The van der Waals surface area contributed by atoms with E-state index in [9.17, 15) is 5.11 Å². The summed E-state index contributed by atoms with van der Waals surface area (Å²) in [6, 6.07) is 0. The molecule has 2 rings (SSSR count). The van der Waals surface area contributed by atoms with E-state index in [-0.39, 0.29) is 24.0 Å². The highest BCUT2D eigenvalue weighted by atomic mass is 35.5. The van der Waals surface area contributed by atoms with Crippen molar-refractivity contribution in [3.05, 3.63) is 0 Å². The Bertz CT molecular complexity index is 153. The van der Waals surface area contributed by atoms with E-state index in [0.717, 1.165) is 32.2 Å². The first-order valence-corrected chi connectivity index (χ1v) is 6.00. The summed E-state index contributed by atoms with van der Waals surface area (Å²) >= 11 is 2.01. The molecule has 0 bridgehead atoms. The van der Waals surface area contributed by atoms with Crippen molar-refractivity contribution in [3.63, 3.8) is 0 Å². The largest absolute Gasteiger partial charge is 0.391 e. The second-order valence-corrected chi connectivity index (χ2v) is 5.08. The minimum absolute atomic E-state index is 0. The standard InChI is InChI=1S/C9H17NOS.ClH/c11-8-2-1-5-10-9(8)3-6-12-7-4-9;/h8,10-11H,1-7H2;1H. The van der Waals surface area contributed by atoms with Crippen molar-refractivity contribution in [2.75, 3.05) is 18.1 Å². The summed E-state index contributed by atoms with van der Waals surface area (Å²) in [7, 11) is 0.